The Morgan fingerprint density at radius 3 is 2.33 bits per heavy atom. The van der Waals surface area contributed by atoms with Gasteiger partial charge in [-0.05, 0) is 47.5 Å². The zero-order chi connectivity index (χ0) is 21.5. The Labute approximate surface area is 176 Å². The Morgan fingerprint density at radius 1 is 0.933 bits per heavy atom. The molecule has 0 aliphatic heterocycles. The van der Waals surface area contributed by atoms with Gasteiger partial charge >= 0.3 is 0 Å². The van der Waals surface area contributed by atoms with E-state index in [0.29, 0.717) is 13.1 Å². The van der Waals surface area contributed by atoms with Gasteiger partial charge in [-0.1, -0.05) is 42.5 Å². The minimum atomic E-state index is -0.316. The van der Waals surface area contributed by atoms with Crippen molar-refractivity contribution in [3.8, 4) is 0 Å². The molecule has 0 spiro atoms. The molecule has 1 N–H and O–H groups in total. The summed E-state index contributed by atoms with van der Waals surface area (Å²) in [6.45, 7) is 2.75. The van der Waals surface area contributed by atoms with Crippen LogP contribution in [0.3, 0.4) is 0 Å². The molecular weight excluding hydrogens is 381 g/mol. The lowest BCUT2D eigenvalue weighted by atomic mass is 10.1. The number of carbonyl (C=O) groups is 2. The number of halogens is 1. The summed E-state index contributed by atoms with van der Waals surface area (Å²) in [4.78, 5) is 28.4. The largest absolute Gasteiger partial charge is 0.365 e. The van der Waals surface area contributed by atoms with Crippen molar-refractivity contribution in [1.82, 2.24) is 10.2 Å². The average Bonchev–Trinajstić information content (AvgIpc) is 2.76. The zero-order valence-corrected chi connectivity index (χ0v) is 17.3. The van der Waals surface area contributed by atoms with Gasteiger partial charge in [0.1, 0.15) is 5.82 Å². The molecule has 3 aromatic carbocycles. The van der Waals surface area contributed by atoms with Crippen LogP contribution in [0.5, 0.6) is 0 Å². The third kappa shape index (κ3) is 5.56. The number of hydrogen-bond acceptors (Lipinski definition) is 3. The molecule has 0 heterocycles. The molecule has 0 saturated heterocycles. The minimum Gasteiger partial charge on any atom is -0.365 e. The van der Waals surface area contributed by atoms with Crippen molar-refractivity contribution in [2.24, 2.45) is 0 Å². The van der Waals surface area contributed by atoms with Crippen molar-refractivity contribution in [2.75, 3.05) is 31.6 Å². The van der Waals surface area contributed by atoms with Gasteiger partial charge in [-0.2, -0.15) is 0 Å². The van der Waals surface area contributed by atoms with Crippen molar-refractivity contribution < 1.29 is 14.0 Å². The van der Waals surface area contributed by atoms with E-state index in [-0.39, 0.29) is 30.7 Å². The summed E-state index contributed by atoms with van der Waals surface area (Å²) < 4.78 is 13.0. The van der Waals surface area contributed by atoms with Crippen LogP contribution in [0.25, 0.3) is 10.8 Å². The monoisotopic (exact) mass is 407 g/mol. The SMILES string of the molecule is CCN(CC(=O)NCc1ccc(F)cc1)C(=O)CN(C)c1ccc2ccccc2c1. The fourth-order valence-corrected chi connectivity index (χ4v) is 3.22. The lowest BCUT2D eigenvalue weighted by molar-refractivity contribution is -0.134. The molecule has 0 unspecified atom stereocenters. The van der Waals surface area contributed by atoms with Crippen molar-refractivity contribution >= 4 is 28.3 Å². The van der Waals surface area contributed by atoms with Gasteiger partial charge in [0.2, 0.25) is 11.8 Å². The first-order valence-corrected chi connectivity index (χ1v) is 9.95. The molecule has 0 aliphatic carbocycles. The van der Waals surface area contributed by atoms with E-state index in [4.69, 9.17) is 0 Å². The number of benzene rings is 3. The van der Waals surface area contributed by atoms with Gasteiger partial charge in [0.05, 0.1) is 13.1 Å². The molecule has 0 aromatic heterocycles. The van der Waals surface area contributed by atoms with Gasteiger partial charge in [-0.3, -0.25) is 9.59 Å². The average molecular weight is 407 g/mol. The molecule has 6 heteroatoms. The predicted octanol–water partition coefficient (Wildman–Crippen LogP) is 3.58. The number of anilines is 1. The third-order valence-corrected chi connectivity index (χ3v) is 5.02. The molecule has 0 aliphatic rings. The van der Waals surface area contributed by atoms with Crippen LogP contribution in [0.15, 0.2) is 66.7 Å². The third-order valence-electron chi connectivity index (χ3n) is 5.02. The molecule has 5 nitrogen and oxygen atoms in total. The number of nitrogens with zero attached hydrogens (tertiary/aromatic N) is 2. The van der Waals surface area contributed by atoms with Gasteiger partial charge < -0.3 is 15.1 Å². The van der Waals surface area contributed by atoms with Crippen LogP contribution >= 0.6 is 0 Å². The summed E-state index contributed by atoms with van der Waals surface area (Å²) in [7, 11) is 1.87. The molecular formula is C24H26FN3O2. The summed E-state index contributed by atoms with van der Waals surface area (Å²) >= 11 is 0. The molecule has 3 aromatic rings. The summed E-state index contributed by atoms with van der Waals surface area (Å²) in [6, 6.07) is 20.1. The van der Waals surface area contributed by atoms with E-state index in [1.807, 2.05) is 61.3 Å². The van der Waals surface area contributed by atoms with Gasteiger partial charge in [-0.15, -0.1) is 0 Å². The molecule has 0 bridgehead atoms. The van der Waals surface area contributed by atoms with Crippen LogP contribution in [0.4, 0.5) is 10.1 Å². The highest BCUT2D eigenvalue weighted by molar-refractivity contribution is 5.89. The van der Waals surface area contributed by atoms with Crippen LogP contribution in [-0.2, 0) is 16.1 Å². The first-order valence-electron chi connectivity index (χ1n) is 9.95. The first kappa shape index (κ1) is 21.3. The number of hydrogen-bond donors (Lipinski definition) is 1. The van der Waals surface area contributed by atoms with Gasteiger partial charge in [0.25, 0.3) is 0 Å². The fourth-order valence-electron chi connectivity index (χ4n) is 3.22. The number of carbonyl (C=O) groups excluding carboxylic acids is 2. The van der Waals surface area contributed by atoms with Crippen LogP contribution in [0.1, 0.15) is 12.5 Å². The normalized spacial score (nSPS) is 10.6. The summed E-state index contributed by atoms with van der Waals surface area (Å²) in [5.41, 5.74) is 1.74. The Balaban J connectivity index is 1.55. The number of likely N-dealkylation sites (N-methyl/N-ethyl adjacent to an activating group) is 2. The van der Waals surface area contributed by atoms with Crippen molar-refractivity contribution in [3.63, 3.8) is 0 Å². The molecule has 3 rings (SSSR count). The van der Waals surface area contributed by atoms with Gasteiger partial charge in [0.15, 0.2) is 0 Å². The van der Waals surface area contributed by atoms with Gasteiger partial charge in [0, 0.05) is 25.8 Å². The predicted molar refractivity (Wildman–Crippen MR) is 118 cm³/mol. The minimum absolute atomic E-state index is 0.0118. The Bertz CT molecular complexity index is 1020. The maximum atomic E-state index is 13.0. The maximum absolute atomic E-state index is 13.0. The van der Waals surface area contributed by atoms with Crippen LogP contribution in [0, 0.1) is 5.82 Å². The quantitative estimate of drug-likeness (QED) is 0.621. The highest BCUT2D eigenvalue weighted by Gasteiger charge is 2.17. The van der Waals surface area contributed by atoms with E-state index in [9.17, 15) is 14.0 Å². The highest BCUT2D eigenvalue weighted by atomic mass is 19.1. The number of nitrogens with one attached hydrogen (secondary N) is 1. The maximum Gasteiger partial charge on any atom is 0.242 e. The Hall–Kier alpha value is -3.41. The van der Waals surface area contributed by atoms with E-state index in [0.717, 1.165) is 22.0 Å². The Morgan fingerprint density at radius 2 is 1.63 bits per heavy atom. The smallest absolute Gasteiger partial charge is 0.242 e. The highest BCUT2D eigenvalue weighted by Crippen LogP contribution is 2.21. The van der Waals surface area contributed by atoms with Crippen molar-refractivity contribution in [2.45, 2.75) is 13.5 Å². The Kier molecular flexibility index (Phi) is 7.01. The van der Waals surface area contributed by atoms with E-state index >= 15 is 0 Å². The van der Waals surface area contributed by atoms with Crippen LogP contribution in [-0.4, -0.2) is 43.4 Å². The standard InChI is InChI=1S/C24H26FN3O2/c1-3-28(16-23(29)26-15-18-8-11-21(25)12-9-18)24(30)17-27(2)22-13-10-19-6-4-5-7-20(19)14-22/h4-14H,3,15-17H2,1-2H3,(H,26,29). The molecule has 0 fully saturated rings. The van der Waals surface area contributed by atoms with E-state index in [1.165, 1.54) is 17.0 Å². The molecule has 0 radical (unpaired) electrons. The zero-order valence-electron chi connectivity index (χ0n) is 17.3. The lowest BCUT2D eigenvalue weighted by Crippen LogP contribution is -2.44. The van der Waals surface area contributed by atoms with E-state index in [2.05, 4.69) is 5.32 Å². The summed E-state index contributed by atoms with van der Waals surface area (Å²) in [6.07, 6.45) is 0. The summed E-state index contributed by atoms with van der Waals surface area (Å²) in [5, 5.41) is 5.03. The summed E-state index contributed by atoms with van der Waals surface area (Å²) in [5.74, 6) is -0.684. The second kappa shape index (κ2) is 9.87. The molecule has 30 heavy (non-hydrogen) atoms. The number of amides is 2. The number of fused-ring (bicyclic) bond motifs is 1. The molecule has 2 amide bonds. The second-order valence-corrected chi connectivity index (χ2v) is 7.20. The van der Waals surface area contributed by atoms with Gasteiger partial charge in [-0.25, -0.2) is 4.39 Å². The van der Waals surface area contributed by atoms with E-state index < -0.39 is 0 Å². The fraction of sp³-hybridized carbons (Fsp3) is 0.250. The van der Waals surface area contributed by atoms with Crippen molar-refractivity contribution in [3.05, 3.63) is 78.1 Å². The van der Waals surface area contributed by atoms with Crippen LogP contribution in [0.2, 0.25) is 0 Å². The molecule has 156 valence electrons. The number of rotatable bonds is 8. The lowest BCUT2D eigenvalue weighted by Gasteiger charge is -2.25. The van der Waals surface area contributed by atoms with Crippen LogP contribution < -0.4 is 10.2 Å². The van der Waals surface area contributed by atoms with E-state index in [1.54, 1.807) is 12.1 Å². The molecule has 0 saturated carbocycles. The van der Waals surface area contributed by atoms with Crippen molar-refractivity contribution in [1.29, 1.82) is 0 Å². The first-order chi connectivity index (χ1) is 14.5. The topological polar surface area (TPSA) is 52.7 Å². The molecule has 0 atom stereocenters. The second-order valence-electron chi connectivity index (χ2n) is 7.20.